The Bertz CT molecular complexity index is 898. The Morgan fingerprint density at radius 2 is 1.66 bits per heavy atom. The lowest BCUT2D eigenvalue weighted by Crippen LogP contribution is -2.43. The normalized spacial score (nSPS) is 18.2. The van der Waals surface area contributed by atoms with Crippen molar-refractivity contribution in [3.05, 3.63) is 47.0 Å². The van der Waals surface area contributed by atoms with Crippen molar-refractivity contribution in [1.82, 2.24) is 0 Å². The molecule has 0 aromatic heterocycles. The number of aliphatic hydroxyl groups is 1. The van der Waals surface area contributed by atoms with Crippen LogP contribution in [0, 0.1) is 12.8 Å². The number of rotatable bonds is 7. The van der Waals surface area contributed by atoms with E-state index in [0.29, 0.717) is 34.9 Å². The fourth-order valence-electron chi connectivity index (χ4n) is 3.91. The molecule has 0 fully saturated rings. The second-order valence-electron chi connectivity index (χ2n) is 7.90. The lowest BCUT2D eigenvalue weighted by atomic mass is 9.87. The molecule has 1 heterocycles. The zero-order valence-electron chi connectivity index (χ0n) is 17.9. The maximum Gasteiger partial charge on any atom is 0.264 e. The molecule has 1 N–H and O–H groups in total. The third kappa shape index (κ3) is 3.65. The molecular formula is C23H29NO5. The van der Waals surface area contributed by atoms with Crippen LogP contribution in [0.15, 0.2) is 30.3 Å². The fraction of sp³-hybridized carbons (Fsp3) is 0.435. The van der Waals surface area contributed by atoms with Crippen LogP contribution in [0.25, 0.3) is 0 Å². The second kappa shape index (κ2) is 7.95. The number of hydrogen-bond donors (Lipinski definition) is 1. The van der Waals surface area contributed by atoms with E-state index in [4.69, 9.17) is 14.2 Å². The molecule has 0 spiro atoms. The van der Waals surface area contributed by atoms with Gasteiger partial charge in [0, 0.05) is 18.5 Å². The molecule has 0 aliphatic carbocycles. The highest BCUT2D eigenvalue weighted by Crippen LogP contribution is 2.45. The summed E-state index contributed by atoms with van der Waals surface area (Å²) >= 11 is 0. The largest absolute Gasteiger partial charge is 0.493 e. The summed E-state index contributed by atoms with van der Waals surface area (Å²) < 4.78 is 16.2. The Morgan fingerprint density at radius 1 is 1.03 bits per heavy atom. The van der Waals surface area contributed by atoms with Gasteiger partial charge in [-0.1, -0.05) is 31.5 Å². The Hall–Kier alpha value is -2.73. The van der Waals surface area contributed by atoms with E-state index in [1.807, 2.05) is 25.1 Å². The number of ether oxygens (including phenoxy) is 3. The molecule has 29 heavy (non-hydrogen) atoms. The number of methoxy groups -OCH3 is 3. The van der Waals surface area contributed by atoms with Gasteiger partial charge < -0.3 is 24.2 Å². The van der Waals surface area contributed by atoms with Crippen LogP contribution in [-0.4, -0.2) is 38.9 Å². The van der Waals surface area contributed by atoms with Crippen LogP contribution in [0.2, 0.25) is 0 Å². The Labute approximate surface area is 172 Å². The smallest absolute Gasteiger partial charge is 0.264 e. The minimum atomic E-state index is -1.65. The number of amides is 1. The van der Waals surface area contributed by atoms with Gasteiger partial charge in [0.25, 0.3) is 5.91 Å². The first kappa shape index (κ1) is 21.0. The summed E-state index contributed by atoms with van der Waals surface area (Å²) in [5.74, 6) is 1.41. The summed E-state index contributed by atoms with van der Waals surface area (Å²) in [6.45, 7) is 6.61. The molecule has 1 aliphatic rings. The summed E-state index contributed by atoms with van der Waals surface area (Å²) in [6.07, 6.45) is 0.105. The third-order valence-electron chi connectivity index (χ3n) is 5.22. The summed E-state index contributed by atoms with van der Waals surface area (Å²) in [5, 5.41) is 11.6. The number of fused-ring (bicyclic) bond motifs is 1. The van der Waals surface area contributed by atoms with Crippen molar-refractivity contribution in [3.63, 3.8) is 0 Å². The molecule has 1 atom stereocenters. The van der Waals surface area contributed by atoms with Crippen LogP contribution in [0.5, 0.6) is 17.2 Å². The van der Waals surface area contributed by atoms with Crippen LogP contribution in [0.1, 0.15) is 30.5 Å². The van der Waals surface area contributed by atoms with Crippen LogP contribution in [0.3, 0.4) is 0 Å². The predicted octanol–water partition coefficient (Wildman–Crippen LogP) is 3.45. The van der Waals surface area contributed by atoms with E-state index >= 15 is 0 Å². The minimum absolute atomic E-state index is 0.105. The zero-order chi connectivity index (χ0) is 21.3. The van der Waals surface area contributed by atoms with Crippen LogP contribution in [0.4, 0.5) is 5.69 Å². The van der Waals surface area contributed by atoms with Gasteiger partial charge in [-0.15, -0.1) is 0 Å². The van der Waals surface area contributed by atoms with Crippen molar-refractivity contribution in [2.75, 3.05) is 32.8 Å². The number of aryl methyl sites for hydroxylation is 1. The molecule has 0 radical (unpaired) electrons. The van der Waals surface area contributed by atoms with Crippen molar-refractivity contribution < 1.29 is 24.1 Å². The van der Waals surface area contributed by atoms with Crippen molar-refractivity contribution in [1.29, 1.82) is 0 Å². The second-order valence-corrected chi connectivity index (χ2v) is 7.90. The molecule has 156 valence electrons. The highest BCUT2D eigenvalue weighted by Gasteiger charge is 2.49. The Kier molecular flexibility index (Phi) is 5.75. The minimum Gasteiger partial charge on any atom is -0.493 e. The topological polar surface area (TPSA) is 68.2 Å². The maximum atomic E-state index is 13.4. The van der Waals surface area contributed by atoms with E-state index in [1.165, 1.54) is 7.11 Å². The number of anilines is 1. The molecule has 2 aromatic carbocycles. The molecule has 1 unspecified atom stereocenters. The lowest BCUT2D eigenvalue weighted by Gasteiger charge is -2.25. The third-order valence-corrected chi connectivity index (χ3v) is 5.22. The summed E-state index contributed by atoms with van der Waals surface area (Å²) in [7, 11) is 4.62. The summed E-state index contributed by atoms with van der Waals surface area (Å²) in [5.41, 5.74) is 1.46. The first-order chi connectivity index (χ1) is 13.7. The number of nitrogens with zero attached hydrogens (tertiary/aromatic N) is 1. The number of hydrogen-bond acceptors (Lipinski definition) is 5. The molecule has 3 rings (SSSR count). The van der Waals surface area contributed by atoms with Gasteiger partial charge in [0.2, 0.25) is 5.75 Å². The lowest BCUT2D eigenvalue weighted by molar-refractivity contribution is -0.136. The van der Waals surface area contributed by atoms with Crippen LogP contribution < -0.4 is 19.1 Å². The monoisotopic (exact) mass is 399 g/mol. The molecule has 1 amide bonds. The SMILES string of the molecule is COc1cc(CC2(O)C(=O)N(CC(C)C)c3ccc(C)cc32)cc(OC)c1OC. The highest BCUT2D eigenvalue weighted by molar-refractivity contribution is 6.07. The van der Waals surface area contributed by atoms with E-state index in [9.17, 15) is 9.90 Å². The van der Waals surface area contributed by atoms with Gasteiger partial charge in [-0.25, -0.2) is 0 Å². The van der Waals surface area contributed by atoms with Gasteiger partial charge in [-0.3, -0.25) is 4.79 Å². The molecular weight excluding hydrogens is 370 g/mol. The number of carbonyl (C=O) groups excluding carboxylic acids is 1. The van der Waals surface area contributed by atoms with Crippen molar-refractivity contribution in [2.45, 2.75) is 32.8 Å². The molecule has 1 aliphatic heterocycles. The fourth-order valence-corrected chi connectivity index (χ4v) is 3.91. The first-order valence-electron chi connectivity index (χ1n) is 9.69. The first-order valence-corrected chi connectivity index (χ1v) is 9.69. The van der Waals surface area contributed by atoms with E-state index in [1.54, 1.807) is 31.3 Å². The van der Waals surface area contributed by atoms with Crippen molar-refractivity contribution in [3.8, 4) is 17.2 Å². The zero-order valence-corrected chi connectivity index (χ0v) is 17.9. The van der Waals surface area contributed by atoms with Crippen molar-refractivity contribution in [2.24, 2.45) is 5.92 Å². The van der Waals surface area contributed by atoms with Gasteiger partial charge in [0.1, 0.15) is 0 Å². The van der Waals surface area contributed by atoms with E-state index in [2.05, 4.69) is 13.8 Å². The van der Waals surface area contributed by atoms with E-state index in [0.717, 1.165) is 11.3 Å². The van der Waals surface area contributed by atoms with Gasteiger partial charge in [0.05, 0.1) is 27.0 Å². The van der Waals surface area contributed by atoms with Crippen LogP contribution in [-0.2, 0) is 16.8 Å². The Morgan fingerprint density at radius 3 is 2.17 bits per heavy atom. The molecule has 0 saturated heterocycles. The molecule has 6 nitrogen and oxygen atoms in total. The van der Waals surface area contributed by atoms with Crippen LogP contribution >= 0.6 is 0 Å². The molecule has 2 aromatic rings. The average molecular weight is 399 g/mol. The van der Waals surface area contributed by atoms with E-state index in [-0.39, 0.29) is 18.2 Å². The molecule has 0 bridgehead atoms. The molecule has 6 heteroatoms. The van der Waals surface area contributed by atoms with Gasteiger partial charge in [0.15, 0.2) is 17.1 Å². The molecule has 0 saturated carbocycles. The quantitative estimate of drug-likeness (QED) is 0.772. The van der Waals surface area contributed by atoms with Gasteiger partial charge in [-0.05, 0) is 36.6 Å². The average Bonchev–Trinajstić information content (AvgIpc) is 2.88. The number of benzene rings is 2. The summed E-state index contributed by atoms with van der Waals surface area (Å²) in [4.78, 5) is 15.0. The van der Waals surface area contributed by atoms with Crippen molar-refractivity contribution >= 4 is 11.6 Å². The maximum absolute atomic E-state index is 13.4. The summed E-state index contributed by atoms with van der Waals surface area (Å²) in [6, 6.07) is 9.31. The Balaban J connectivity index is 2.09. The standard InChI is InChI=1S/C23H29NO5/c1-14(2)13-24-18-8-7-15(3)9-17(18)23(26,22(24)25)12-16-10-19(27-4)21(29-6)20(11-16)28-5/h7-11,14,26H,12-13H2,1-6H3. The van der Waals surface area contributed by atoms with E-state index < -0.39 is 5.60 Å². The van der Waals surface area contributed by atoms with Gasteiger partial charge in [-0.2, -0.15) is 0 Å². The predicted molar refractivity (Wildman–Crippen MR) is 112 cm³/mol. The van der Waals surface area contributed by atoms with Gasteiger partial charge >= 0.3 is 0 Å². The highest BCUT2D eigenvalue weighted by atomic mass is 16.5. The number of carbonyl (C=O) groups is 1.